The molecule has 1 aromatic carbocycles. The third-order valence-corrected chi connectivity index (χ3v) is 5.16. The number of fused-ring (bicyclic) bond motifs is 1. The number of anilines is 1. The molecule has 3 atom stereocenters. The Labute approximate surface area is 122 Å². The van der Waals surface area contributed by atoms with E-state index in [1.807, 2.05) is 0 Å². The van der Waals surface area contributed by atoms with Gasteiger partial charge in [-0.15, -0.1) is 0 Å². The minimum atomic E-state index is -0.436. The molecular weight excluding hydrogens is 248 g/mol. The topological polar surface area (TPSA) is 35.5 Å². The number of rotatable bonds is 2. The maximum Gasteiger partial charge on any atom is 0.0706 e. The van der Waals surface area contributed by atoms with Crippen molar-refractivity contribution in [1.82, 2.24) is 5.32 Å². The molecule has 1 heterocycles. The van der Waals surface area contributed by atoms with Crippen LogP contribution in [0, 0.1) is 5.92 Å². The van der Waals surface area contributed by atoms with Crippen molar-refractivity contribution in [3.63, 3.8) is 0 Å². The third kappa shape index (κ3) is 2.45. The molecule has 1 saturated carbocycles. The first-order valence-electron chi connectivity index (χ1n) is 7.83. The number of nitrogens with zero attached hydrogens (tertiary/aromatic N) is 1. The van der Waals surface area contributed by atoms with Gasteiger partial charge in [-0.2, -0.15) is 0 Å². The van der Waals surface area contributed by atoms with Gasteiger partial charge in [0.25, 0.3) is 0 Å². The number of hydrogen-bond donors (Lipinski definition) is 2. The fraction of sp³-hybridized carbons (Fsp3) is 0.647. The first kappa shape index (κ1) is 13.9. The van der Waals surface area contributed by atoms with Crippen molar-refractivity contribution in [2.75, 3.05) is 25.5 Å². The van der Waals surface area contributed by atoms with E-state index in [2.05, 4.69) is 48.6 Å². The molecular formula is C17H26N2O. The standard InChI is InChI=1S/C17H26N2O/c1-19(2)14-8-6-13(7-9-14)16-15-5-3-4-10-17(15,20)11-12-18-16/h6-9,15-16,18,20H,3-5,10-12H2,1-2H3/t15-,16-,17-/m0/s1. The smallest absolute Gasteiger partial charge is 0.0706 e. The normalized spacial score (nSPS) is 33.5. The Morgan fingerprint density at radius 1 is 1.15 bits per heavy atom. The van der Waals surface area contributed by atoms with Crippen LogP contribution in [0.15, 0.2) is 24.3 Å². The highest BCUT2D eigenvalue weighted by molar-refractivity contribution is 5.46. The summed E-state index contributed by atoms with van der Waals surface area (Å²) in [5.41, 5.74) is 2.11. The van der Waals surface area contributed by atoms with Crippen molar-refractivity contribution in [3.8, 4) is 0 Å². The summed E-state index contributed by atoms with van der Waals surface area (Å²) in [6.07, 6.45) is 5.46. The van der Waals surface area contributed by atoms with Crippen molar-refractivity contribution in [3.05, 3.63) is 29.8 Å². The number of piperidine rings is 1. The molecule has 1 aliphatic heterocycles. The summed E-state index contributed by atoms with van der Waals surface area (Å²) < 4.78 is 0. The van der Waals surface area contributed by atoms with Crippen LogP contribution in [0.4, 0.5) is 5.69 Å². The average Bonchev–Trinajstić information content (AvgIpc) is 2.46. The molecule has 2 N–H and O–H groups in total. The van der Waals surface area contributed by atoms with Crippen LogP contribution in [0.5, 0.6) is 0 Å². The molecule has 0 unspecified atom stereocenters. The Hall–Kier alpha value is -1.06. The van der Waals surface area contributed by atoms with Gasteiger partial charge in [-0.05, 0) is 43.5 Å². The van der Waals surface area contributed by atoms with Crippen LogP contribution in [0.2, 0.25) is 0 Å². The maximum absolute atomic E-state index is 10.9. The van der Waals surface area contributed by atoms with E-state index in [1.54, 1.807) is 0 Å². The van der Waals surface area contributed by atoms with E-state index in [0.29, 0.717) is 12.0 Å². The van der Waals surface area contributed by atoms with Gasteiger partial charge in [-0.25, -0.2) is 0 Å². The van der Waals surface area contributed by atoms with Gasteiger partial charge in [0, 0.05) is 31.7 Å². The third-order valence-electron chi connectivity index (χ3n) is 5.16. The SMILES string of the molecule is CN(C)c1ccc([C@@H]2NCC[C@@]3(O)CCCC[C@@H]23)cc1. The fourth-order valence-electron chi connectivity index (χ4n) is 3.95. The molecule has 0 bridgehead atoms. The summed E-state index contributed by atoms with van der Waals surface area (Å²) in [4.78, 5) is 2.12. The zero-order chi connectivity index (χ0) is 14.2. The van der Waals surface area contributed by atoms with E-state index in [0.717, 1.165) is 25.8 Å². The van der Waals surface area contributed by atoms with E-state index in [-0.39, 0.29) is 0 Å². The molecule has 2 aliphatic rings. The molecule has 0 aromatic heterocycles. The first-order valence-corrected chi connectivity index (χ1v) is 7.83. The van der Waals surface area contributed by atoms with Crippen LogP contribution in [0.1, 0.15) is 43.7 Å². The van der Waals surface area contributed by atoms with E-state index < -0.39 is 5.60 Å². The molecule has 0 spiro atoms. The van der Waals surface area contributed by atoms with Crippen LogP contribution < -0.4 is 10.2 Å². The minimum absolute atomic E-state index is 0.310. The van der Waals surface area contributed by atoms with E-state index >= 15 is 0 Å². The minimum Gasteiger partial charge on any atom is -0.389 e. The molecule has 110 valence electrons. The van der Waals surface area contributed by atoms with Crippen LogP contribution in [-0.4, -0.2) is 31.3 Å². The second-order valence-electron chi connectivity index (χ2n) is 6.62. The average molecular weight is 274 g/mol. The van der Waals surface area contributed by atoms with E-state index in [9.17, 15) is 5.11 Å². The Morgan fingerprint density at radius 2 is 1.90 bits per heavy atom. The summed E-state index contributed by atoms with van der Waals surface area (Å²) in [5, 5.41) is 14.6. The molecule has 0 radical (unpaired) electrons. The summed E-state index contributed by atoms with van der Waals surface area (Å²) in [6.45, 7) is 0.924. The van der Waals surface area contributed by atoms with Gasteiger partial charge in [-0.3, -0.25) is 0 Å². The van der Waals surface area contributed by atoms with E-state index in [4.69, 9.17) is 0 Å². The predicted molar refractivity (Wildman–Crippen MR) is 83.0 cm³/mol. The van der Waals surface area contributed by atoms with Gasteiger partial charge in [0.2, 0.25) is 0 Å². The maximum atomic E-state index is 10.9. The lowest BCUT2D eigenvalue weighted by Crippen LogP contribution is -2.53. The zero-order valence-electron chi connectivity index (χ0n) is 12.6. The molecule has 1 aromatic rings. The molecule has 1 saturated heterocycles. The van der Waals surface area contributed by atoms with Gasteiger partial charge in [0.1, 0.15) is 0 Å². The summed E-state index contributed by atoms with van der Waals surface area (Å²) in [6, 6.07) is 9.09. The van der Waals surface area contributed by atoms with Crippen molar-refractivity contribution in [2.45, 2.75) is 43.7 Å². The van der Waals surface area contributed by atoms with Crippen molar-refractivity contribution in [1.29, 1.82) is 0 Å². The monoisotopic (exact) mass is 274 g/mol. The lowest BCUT2D eigenvalue weighted by molar-refractivity contribution is -0.0861. The molecule has 3 nitrogen and oxygen atoms in total. The second-order valence-corrected chi connectivity index (χ2v) is 6.62. The Balaban J connectivity index is 1.84. The predicted octanol–water partition coefficient (Wildman–Crippen LogP) is 2.71. The van der Waals surface area contributed by atoms with Crippen LogP contribution in [-0.2, 0) is 0 Å². The molecule has 3 heteroatoms. The highest BCUT2D eigenvalue weighted by Crippen LogP contribution is 2.45. The zero-order valence-corrected chi connectivity index (χ0v) is 12.6. The van der Waals surface area contributed by atoms with Gasteiger partial charge in [0.05, 0.1) is 5.60 Å². The summed E-state index contributed by atoms with van der Waals surface area (Å²) in [7, 11) is 4.13. The van der Waals surface area contributed by atoms with Gasteiger partial charge < -0.3 is 15.3 Å². The number of hydrogen-bond acceptors (Lipinski definition) is 3. The van der Waals surface area contributed by atoms with Gasteiger partial charge in [-0.1, -0.05) is 25.0 Å². The number of nitrogens with one attached hydrogen (secondary N) is 1. The lowest BCUT2D eigenvalue weighted by Gasteiger charge is -2.48. The molecule has 0 amide bonds. The quantitative estimate of drug-likeness (QED) is 0.870. The van der Waals surface area contributed by atoms with Crippen molar-refractivity contribution >= 4 is 5.69 Å². The summed E-state index contributed by atoms with van der Waals surface area (Å²) >= 11 is 0. The molecule has 20 heavy (non-hydrogen) atoms. The van der Waals surface area contributed by atoms with Crippen LogP contribution >= 0.6 is 0 Å². The largest absolute Gasteiger partial charge is 0.389 e. The highest BCUT2D eigenvalue weighted by atomic mass is 16.3. The van der Waals surface area contributed by atoms with Crippen LogP contribution in [0.25, 0.3) is 0 Å². The number of benzene rings is 1. The number of aliphatic hydroxyl groups is 1. The van der Waals surface area contributed by atoms with Gasteiger partial charge in [0.15, 0.2) is 0 Å². The Kier molecular flexibility index (Phi) is 3.74. The molecule has 1 aliphatic carbocycles. The highest BCUT2D eigenvalue weighted by Gasteiger charge is 2.45. The summed E-state index contributed by atoms with van der Waals surface area (Å²) in [5.74, 6) is 0.371. The molecule has 3 rings (SSSR count). The van der Waals surface area contributed by atoms with Crippen LogP contribution in [0.3, 0.4) is 0 Å². The van der Waals surface area contributed by atoms with Gasteiger partial charge >= 0.3 is 0 Å². The Morgan fingerprint density at radius 3 is 2.60 bits per heavy atom. The first-order chi connectivity index (χ1) is 9.60. The Bertz CT molecular complexity index is 453. The fourth-order valence-corrected chi connectivity index (χ4v) is 3.95. The van der Waals surface area contributed by atoms with Crippen molar-refractivity contribution in [2.24, 2.45) is 5.92 Å². The molecule has 2 fully saturated rings. The second kappa shape index (κ2) is 5.38. The van der Waals surface area contributed by atoms with Crippen molar-refractivity contribution < 1.29 is 5.11 Å². The van der Waals surface area contributed by atoms with E-state index in [1.165, 1.54) is 24.1 Å². The lowest BCUT2D eigenvalue weighted by atomic mass is 9.67.